The summed E-state index contributed by atoms with van der Waals surface area (Å²) in [4.78, 5) is 1.25. The zero-order valence-corrected chi connectivity index (χ0v) is 14.1. The zero-order valence-electron chi connectivity index (χ0n) is 13.2. The van der Waals surface area contributed by atoms with E-state index in [-0.39, 0.29) is 6.10 Å². The molecule has 22 heavy (non-hydrogen) atoms. The standard InChI is InChI=1S/C18H27NO2S/c20-16-10-12-19(13-11-16)22-18-8-6-17(7-9-18)21-14-15-4-2-1-3-5-15/h6-9,15-16,20H,1-5,10-14H2. The average Bonchev–Trinajstić information content (AvgIpc) is 2.57. The van der Waals surface area contributed by atoms with Gasteiger partial charge in [-0.2, -0.15) is 0 Å². The Labute approximate surface area is 138 Å². The summed E-state index contributed by atoms with van der Waals surface area (Å²) >= 11 is 1.79. The number of ether oxygens (including phenoxy) is 1. The molecule has 0 radical (unpaired) electrons. The summed E-state index contributed by atoms with van der Waals surface area (Å²) in [5.41, 5.74) is 0. The highest BCUT2D eigenvalue weighted by atomic mass is 32.2. The molecule has 0 aromatic heterocycles. The van der Waals surface area contributed by atoms with Crippen LogP contribution in [-0.2, 0) is 0 Å². The fourth-order valence-electron chi connectivity index (χ4n) is 3.25. The van der Waals surface area contributed by atoms with Gasteiger partial charge in [0.05, 0.1) is 12.7 Å². The summed E-state index contributed by atoms with van der Waals surface area (Å²) in [6.45, 7) is 2.80. The summed E-state index contributed by atoms with van der Waals surface area (Å²) in [6, 6.07) is 8.46. The molecule has 0 bridgehead atoms. The van der Waals surface area contributed by atoms with Crippen molar-refractivity contribution in [1.29, 1.82) is 0 Å². The van der Waals surface area contributed by atoms with E-state index in [0.717, 1.165) is 44.2 Å². The molecular weight excluding hydrogens is 294 g/mol. The zero-order chi connectivity index (χ0) is 15.2. The summed E-state index contributed by atoms with van der Waals surface area (Å²) in [7, 11) is 0. The molecule has 1 N–H and O–H groups in total. The fourth-order valence-corrected chi connectivity index (χ4v) is 4.20. The number of hydrogen-bond acceptors (Lipinski definition) is 4. The van der Waals surface area contributed by atoms with Crippen molar-refractivity contribution < 1.29 is 9.84 Å². The van der Waals surface area contributed by atoms with Gasteiger partial charge < -0.3 is 9.84 Å². The van der Waals surface area contributed by atoms with Crippen molar-refractivity contribution in [2.45, 2.75) is 55.9 Å². The summed E-state index contributed by atoms with van der Waals surface area (Å²) in [5, 5.41) is 9.54. The van der Waals surface area contributed by atoms with Gasteiger partial charge >= 0.3 is 0 Å². The van der Waals surface area contributed by atoms with Crippen molar-refractivity contribution in [1.82, 2.24) is 4.31 Å². The van der Waals surface area contributed by atoms with Gasteiger partial charge in [-0.15, -0.1) is 0 Å². The highest BCUT2D eigenvalue weighted by Crippen LogP contribution is 2.29. The van der Waals surface area contributed by atoms with Crippen LogP contribution in [0, 0.1) is 5.92 Å². The van der Waals surface area contributed by atoms with E-state index in [1.165, 1.54) is 37.0 Å². The van der Waals surface area contributed by atoms with E-state index in [4.69, 9.17) is 4.74 Å². The van der Waals surface area contributed by atoms with Crippen molar-refractivity contribution >= 4 is 11.9 Å². The molecule has 4 heteroatoms. The van der Waals surface area contributed by atoms with Gasteiger partial charge in [-0.1, -0.05) is 19.3 Å². The number of aliphatic hydroxyl groups is 1. The second-order valence-corrected chi connectivity index (χ2v) is 7.71. The molecule has 122 valence electrons. The molecule has 1 aliphatic heterocycles. The van der Waals surface area contributed by atoms with Crippen molar-refractivity contribution in [3.8, 4) is 5.75 Å². The molecule has 3 rings (SSSR count). The lowest BCUT2D eigenvalue weighted by Gasteiger charge is -2.28. The highest BCUT2D eigenvalue weighted by Gasteiger charge is 2.18. The largest absolute Gasteiger partial charge is 0.493 e. The molecule has 1 aliphatic carbocycles. The third-order valence-electron chi connectivity index (χ3n) is 4.69. The van der Waals surface area contributed by atoms with Crippen LogP contribution in [0.2, 0.25) is 0 Å². The monoisotopic (exact) mass is 321 g/mol. The Morgan fingerprint density at radius 1 is 1.00 bits per heavy atom. The van der Waals surface area contributed by atoms with Gasteiger partial charge in [0.2, 0.25) is 0 Å². The van der Waals surface area contributed by atoms with Crippen molar-refractivity contribution in [3.63, 3.8) is 0 Å². The Hall–Kier alpha value is -0.710. The number of rotatable bonds is 5. The van der Waals surface area contributed by atoms with Gasteiger partial charge in [-0.25, -0.2) is 4.31 Å². The first-order valence-electron chi connectivity index (χ1n) is 8.63. The Morgan fingerprint density at radius 2 is 1.68 bits per heavy atom. The van der Waals surface area contributed by atoms with E-state index < -0.39 is 0 Å². The quantitative estimate of drug-likeness (QED) is 0.827. The number of nitrogens with zero attached hydrogens (tertiary/aromatic N) is 1. The van der Waals surface area contributed by atoms with Crippen molar-refractivity contribution in [3.05, 3.63) is 24.3 Å². The van der Waals surface area contributed by atoms with Crippen LogP contribution in [0.5, 0.6) is 5.75 Å². The number of hydrogen-bond donors (Lipinski definition) is 1. The predicted octanol–water partition coefficient (Wildman–Crippen LogP) is 4.11. The molecule has 2 aliphatic rings. The van der Waals surface area contributed by atoms with Crippen molar-refractivity contribution in [2.24, 2.45) is 5.92 Å². The molecule has 2 fully saturated rings. The minimum Gasteiger partial charge on any atom is -0.493 e. The predicted molar refractivity (Wildman–Crippen MR) is 91.2 cm³/mol. The molecule has 1 heterocycles. The van der Waals surface area contributed by atoms with Crippen molar-refractivity contribution in [2.75, 3.05) is 19.7 Å². The molecule has 1 aromatic rings. The van der Waals surface area contributed by atoms with Crippen LogP contribution in [0.25, 0.3) is 0 Å². The van der Waals surface area contributed by atoms with Crippen LogP contribution in [0.15, 0.2) is 29.2 Å². The van der Waals surface area contributed by atoms with Gasteiger partial charge in [0.25, 0.3) is 0 Å². The minimum absolute atomic E-state index is 0.104. The first-order chi connectivity index (χ1) is 10.8. The topological polar surface area (TPSA) is 32.7 Å². The van der Waals surface area contributed by atoms with Crippen LogP contribution < -0.4 is 4.74 Å². The van der Waals surface area contributed by atoms with Gasteiger partial charge in [0.15, 0.2) is 0 Å². The van der Waals surface area contributed by atoms with E-state index in [2.05, 4.69) is 28.6 Å². The van der Waals surface area contributed by atoms with E-state index >= 15 is 0 Å². The normalized spacial score (nSPS) is 21.9. The Kier molecular flexibility index (Phi) is 6.04. The van der Waals surface area contributed by atoms with E-state index in [9.17, 15) is 5.11 Å². The second kappa shape index (κ2) is 8.23. The Bertz CT molecular complexity index is 437. The summed E-state index contributed by atoms with van der Waals surface area (Å²) < 4.78 is 8.29. The molecule has 1 saturated carbocycles. The van der Waals surface area contributed by atoms with Gasteiger partial charge in [0.1, 0.15) is 5.75 Å². The average molecular weight is 321 g/mol. The maximum Gasteiger partial charge on any atom is 0.119 e. The van der Waals surface area contributed by atoms with Gasteiger partial charge in [0, 0.05) is 18.0 Å². The molecule has 1 aromatic carbocycles. The summed E-state index contributed by atoms with van der Waals surface area (Å²) in [6.07, 6.45) is 8.46. The van der Waals surface area contributed by atoms with E-state index in [1.807, 2.05) is 0 Å². The van der Waals surface area contributed by atoms with Crippen LogP contribution in [0.3, 0.4) is 0 Å². The Morgan fingerprint density at radius 3 is 2.36 bits per heavy atom. The molecule has 0 unspecified atom stereocenters. The van der Waals surface area contributed by atoms with Gasteiger partial charge in [-0.3, -0.25) is 0 Å². The maximum atomic E-state index is 9.54. The lowest BCUT2D eigenvalue weighted by Crippen LogP contribution is -2.30. The second-order valence-electron chi connectivity index (χ2n) is 6.54. The maximum absolute atomic E-state index is 9.54. The highest BCUT2D eigenvalue weighted by molar-refractivity contribution is 7.97. The molecule has 0 amide bonds. The van der Waals surface area contributed by atoms with Crippen LogP contribution in [0.4, 0.5) is 0 Å². The minimum atomic E-state index is -0.104. The molecular formula is C18H27NO2S. The number of aliphatic hydroxyl groups excluding tert-OH is 1. The third-order valence-corrected chi connectivity index (χ3v) is 5.80. The smallest absolute Gasteiger partial charge is 0.119 e. The lowest BCUT2D eigenvalue weighted by atomic mass is 9.90. The number of piperidine rings is 1. The summed E-state index contributed by atoms with van der Waals surface area (Å²) in [5.74, 6) is 1.74. The fraction of sp³-hybridized carbons (Fsp3) is 0.667. The Balaban J connectivity index is 1.43. The third kappa shape index (κ3) is 4.90. The van der Waals surface area contributed by atoms with E-state index in [1.54, 1.807) is 11.9 Å². The van der Waals surface area contributed by atoms with E-state index in [0.29, 0.717) is 0 Å². The molecule has 0 spiro atoms. The number of benzene rings is 1. The van der Waals surface area contributed by atoms with Crippen LogP contribution in [-0.4, -0.2) is 35.2 Å². The molecule has 0 atom stereocenters. The first kappa shape index (κ1) is 16.2. The van der Waals surface area contributed by atoms with Gasteiger partial charge in [-0.05, 0) is 67.8 Å². The SMILES string of the molecule is OC1CCN(Sc2ccc(OCC3CCCCC3)cc2)CC1. The van der Waals surface area contributed by atoms with Crippen LogP contribution >= 0.6 is 11.9 Å². The molecule has 3 nitrogen and oxygen atoms in total. The van der Waals surface area contributed by atoms with Crippen LogP contribution in [0.1, 0.15) is 44.9 Å². The molecule has 1 saturated heterocycles. The lowest BCUT2D eigenvalue weighted by molar-refractivity contribution is 0.116. The first-order valence-corrected chi connectivity index (χ1v) is 9.41.